The van der Waals surface area contributed by atoms with Gasteiger partial charge in [-0.3, -0.25) is 19.4 Å². The molecule has 0 aromatic heterocycles. The number of halogens is 3. The summed E-state index contributed by atoms with van der Waals surface area (Å²) in [5.41, 5.74) is 2.66. The first-order chi connectivity index (χ1) is 15.6. The number of nitrogens with one attached hydrogen (secondary N) is 2. The predicted octanol–water partition coefficient (Wildman–Crippen LogP) is 2.14. The van der Waals surface area contributed by atoms with Gasteiger partial charge >= 0.3 is 0 Å². The number of alkyl halides is 1. The van der Waals surface area contributed by atoms with Crippen molar-refractivity contribution in [2.24, 2.45) is 0 Å². The van der Waals surface area contributed by atoms with Crippen molar-refractivity contribution in [3.05, 3.63) is 59.1 Å². The molecule has 0 aliphatic carbocycles. The molecule has 0 saturated heterocycles. The number of hydrogen-bond acceptors (Lipinski definition) is 7. The Kier molecular flexibility index (Phi) is 11.9. The molecule has 0 spiro atoms. The van der Waals surface area contributed by atoms with Crippen LogP contribution in [0.1, 0.15) is 25.3 Å². The van der Waals surface area contributed by atoms with E-state index in [1.807, 2.05) is 0 Å². The molecule has 11 heteroatoms. The molecule has 1 amide bonds. The Morgan fingerprint density at radius 2 is 1.91 bits per heavy atom. The van der Waals surface area contributed by atoms with Gasteiger partial charge in [-0.15, -0.1) is 0 Å². The van der Waals surface area contributed by atoms with Crippen LogP contribution in [0.15, 0.2) is 41.9 Å². The van der Waals surface area contributed by atoms with E-state index in [1.165, 1.54) is 0 Å². The molecule has 33 heavy (non-hydrogen) atoms. The van der Waals surface area contributed by atoms with Crippen LogP contribution in [0.2, 0.25) is 0 Å². The fraction of sp³-hybridized carbons (Fsp3) is 0.409. The van der Waals surface area contributed by atoms with Gasteiger partial charge in [0.2, 0.25) is 0 Å². The number of rotatable bonds is 14. The number of allylic oxidation sites excluding steroid dienone is 2. The number of amides is 1. The Labute approximate surface area is 190 Å². The maximum Gasteiger partial charge on any atom is 0.288 e. The van der Waals surface area contributed by atoms with Gasteiger partial charge in [0.15, 0.2) is 12.0 Å². The van der Waals surface area contributed by atoms with Gasteiger partial charge in [0.25, 0.3) is 5.91 Å². The highest BCUT2D eigenvalue weighted by atomic mass is 19.1. The molecule has 0 aliphatic rings. The molecule has 1 rings (SSSR count). The van der Waals surface area contributed by atoms with Crippen molar-refractivity contribution in [2.75, 3.05) is 20.8 Å². The maximum atomic E-state index is 13.7. The van der Waals surface area contributed by atoms with E-state index in [4.69, 9.17) is 0 Å². The lowest BCUT2D eigenvalue weighted by Crippen LogP contribution is -2.42. The standard InChI is InChI=1S/C22H29F3N4O4/c1-15(4-7-18(11-23)28(2)3)27-29(19(14-31)8-9-30)13-21(32)22(33)26-12-16-5-6-17(24)10-20(16)25/h5-6,8-10,13-15,18,27,32H,4,7,11-12H2,1-3H3,(H,26,33)/b19-8-,21-13-. The second-order valence-corrected chi connectivity index (χ2v) is 7.53. The zero-order chi connectivity index (χ0) is 25.0. The summed E-state index contributed by atoms with van der Waals surface area (Å²) in [4.78, 5) is 36.2. The van der Waals surface area contributed by atoms with Gasteiger partial charge in [-0.1, -0.05) is 6.07 Å². The van der Waals surface area contributed by atoms with Crippen LogP contribution in [0.4, 0.5) is 13.2 Å². The van der Waals surface area contributed by atoms with E-state index in [0.29, 0.717) is 31.5 Å². The van der Waals surface area contributed by atoms with Crippen molar-refractivity contribution in [3.8, 4) is 0 Å². The molecule has 1 aromatic rings. The van der Waals surface area contributed by atoms with Crippen molar-refractivity contribution in [2.45, 2.75) is 38.4 Å². The Bertz CT molecular complexity index is 877. The van der Waals surface area contributed by atoms with Crippen LogP contribution in [-0.4, -0.2) is 66.3 Å². The van der Waals surface area contributed by atoms with E-state index in [-0.39, 0.29) is 29.9 Å². The molecular formula is C22H29F3N4O4. The van der Waals surface area contributed by atoms with E-state index >= 15 is 0 Å². The molecule has 0 saturated carbocycles. The van der Waals surface area contributed by atoms with Crippen LogP contribution in [0.5, 0.6) is 0 Å². The summed E-state index contributed by atoms with van der Waals surface area (Å²) in [6, 6.07) is 2.19. The normalized spacial score (nSPS) is 14.0. The number of hydrogen-bond donors (Lipinski definition) is 3. The quantitative estimate of drug-likeness (QED) is 0.166. The van der Waals surface area contributed by atoms with Crippen LogP contribution in [-0.2, 0) is 20.9 Å². The number of carbonyl (C=O) groups excluding carboxylic acids is 3. The maximum absolute atomic E-state index is 13.7. The van der Waals surface area contributed by atoms with Crippen LogP contribution >= 0.6 is 0 Å². The molecule has 3 N–H and O–H groups in total. The zero-order valence-electron chi connectivity index (χ0n) is 18.7. The average molecular weight is 470 g/mol. The summed E-state index contributed by atoms with van der Waals surface area (Å²) in [5, 5.41) is 13.4. The molecule has 1 aromatic carbocycles. The van der Waals surface area contributed by atoms with Crippen LogP contribution in [0.3, 0.4) is 0 Å². The first-order valence-corrected chi connectivity index (χ1v) is 10.1. The molecule has 0 fully saturated rings. The summed E-state index contributed by atoms with van der Waals surface area (Å²) < 4.78 is 39.8. The Balaban J connectivity index is 2.91. The molecule has 0 aliphatic heterocycles. The van der Waals surface area contributed by atoms with Crippen molar-refractivity contribution in [1.29, 1.82) is 0 Å². The first kappa shape index (κ1) is 27.9. The minimum Gasteiger partial charge on any atom is -0.502 e. The lowest BCUT2D eigenvalue weighted by atomic mass is 10.1. The SMILES string of the molecule is CC(CCC(CF)N(C)C)NN(/C=C(\O)C(=O)NCc1ccc(F)cc1F)/C(C=O)=C\C=O. The minimum atomic E-state index is -1.00. The Hall–Kier alpha value is -3.18. The van der Waals surface area contributed by atoms with Crippen molar-refractivity contribution < 1.29 is 32.7 Å². The van der Waals surface area contributed by atoms with E-state index < -0.39 is 30.0 Å². The van der Waals surface area contributed by atoms with Gasteiger partial charge in [0.05, 0.1) is 6.20 Å². The van der Waals surface area contributed by atoms with Gasteiger partial charge < -0.3 is 15.3 Å². The second kappa shape index (κ2) is 14.1. The number of benzene rings is 1. The van der Waals surface area contributed by atoms with Gasteiger partial charge in [-0.05, 0) is 39.9 Å². The van der Waals surface area contributed by atoms with Gasteiger partial charge in [0.1, 0.15) is 30.3 Å². The molecule has 2 atom stereocenters. The minimum absolute atomic E-state index is 0.00102. The monoisotopic (exact) mass is 470 g/mol. The van der Waals surface area contributed by atoms with E-state index in [0.717, 1.165) is 29.4 Å². The molecule has 0 radical (unpaired) electrons. The highest BCUT2D eigenvalue weighted by Crippen LogP contribution is 2.11. The molecule has 8 nitrogen and oxygen atoms in total. The van der Waals surface area contributed by atoms with E-state index in [9.17, 15) is 32.7 Å². The van der Waals surface area contributed by atoms with E-state index in [1.54, 1.807) is 25.9 Å². The van der Waals surface area contributed by atoms with Crippen molar-refractivity contribution in [1.82, 2.24) is 20.7 Å². The lowest BCUT2D eigenvalue weighted by molar-refractivity contribution is -0.120. The Morgan fingerprint density at radius 3 is 2.45 bits per heavy atom. The summed E-state index contributed by atoms with van der Waals surface area (Å²) >= 11 is 0. The third-order valence-electron chi connectivity index (χ3n) is 4.78. The van der Waals surface area contributed by atoms with E-state index in [2.05, 4.69) is 10.7 Å². The molecule has 0 heterocycles. The second-order valence-electron chi connectivity index (χ2n) is 7.53. The van der Waals surface area contributed by atoms with Gasteiger partial charge in [0, 0.05) is 36.3 Å². The third-order valence-corrected chi connectivity index (χ3v) is 4.78. The highest BCUT2D eigenvalue weighted by Gasteiger charge is 2.18. The summed E-state index contributed by atoms with van der Waals surface area (Å²) in [6.45, 7) is 0.875. The molecular weight excluding hydrogens is 441 g/mol. The average Bonchev–Trinajstić information content (AvgIpc) is 2.76. The Morgan fingerprint density at radius 1 is 1.21 bits per heavy atom. The number of aliphatic hydroxyl groups is 1. The number of nitrogens with zero attached hydrogens (tertiary/aromatic N) is 2. The summed E-state index contributed by atoms with van der Waals surface area (Å²) in [6.07, 6.45) is 3.46. The fourth-order valence-corrected chi connectivity index (χ4v) is 2.76. The lowest BCUT2D eigenvalue weighted by Gasteiger charge is -2.28. The highest BCUT2D eigenvalue weighted by molar-refractivity contribution is 5.91. The molecule has 0 bridgehead atoms. The number of carbonyl (C=O) groups is 3. The van der Waals surface area contributed by atoms with Crippen molar-refractivity contribution >= 4 is 18.5 Å². The van der Waals surface area contributed by atoms with Crippen LogP contribution in [0, 0.1) is 11.6 Å². The van der Waals surface area contributed by atoms with Crippen molar-refractivity contribution in [3.63, 3.8) is 0 Å². The first-order valence-electron chi connectivity index (χ1n) is 10.1. The van der Waals surface area contributed by atoms with Gasteiger partial charge in [-0.25, -0.2) is 18.6 Å². The number of aldehydes is 2. The largest absolute Gasteiger partial charge is 0.502 e. The molecule has 2 unspecified atom stereocenters. The summed E-state index contributed by atoms with van der Waals surface area (Å²) in [5.74, 6) is -3.48. The number of aliphatic hydroxyl groups excluding tert-OH is 1. The van der Waals surface area contributed by atoms with Gasteiger partial charge in [-0.2, -0.15) is 0 Å². The zero-order valence-corrected chi connectivity index (χ0v) is 18.7. The summed E-state index contributed by atoms with van der Waals surface area (Å²) in [7, 11) is 3.51. The van der Waals surface area contributed by atoms with Crippen LogP contribution in [0.25, 0.3) is 0 Å². The van der Waals surface area contributed by atoms with Crippen LogP contribution < -0.4 is 10.7 Å². The molecule has 182 valence electrons. The number of hydrazine groups is 1. The predicted molar refractivity (Wildman–Crippen MR) is 116 cm³/mol. The smallest absolute Gasteiger partial charge is 0.288 e. The topological polar surface area (TPSA) is 102 Å². The fourth-order valence-electron chi connectivity index (χ4n) is 2.76. The third kappa shape index (κ3) is 9.46.